The lowest BCUT2D eigenvalue weighted by molar-refractivity contribution is 0.313. The molecule has 7 heteroatoms. The Labute approximate surface area is 167 Å². The smallest absolute Gasteiger partial charge is 0.345 e. The number of rotatable bonds is 2. The molecule has 0 bridgehead atoms. The van der Waals surface area contributed by atoms with Gasteiger partial charge in [-0.25, -0.2) is 9.78 Å². The highest BCUT2D eigenvalue weighted by Gasteiger charge is 2.16. The van der Waals surface area contributed by atoms with E-state index in [9.17, 15) is 4.79 Å². The molecule has 4 heterocycles. The predicted molar refractivity (Wildman–Crippen MR) is 111 cm³/mol. The lowest BCUT2D eigenvalue weighted by Crippen LogP contribution is -2.44. The number of hydrogen-bond donors (Lipinski definition) is 0. The molecule has 0 N–H and O–H groups in total. The molecule has 144 valence electrons. The van der Waals surface area contributed by atoms with Crippen LogP contribution in [0, 0.1) is 11.3 Å². The largest absolute Gasteiger partial charge is 0.422 e. The van der Waals surface area contributed by atoms with E-state index in [1.54, 1.807) is 28.9 Å². The van der Waals surface area contributed by atoms with Crippen LogP contribution in [0.3, 0.4) is 0 Å². The number of piperazine rings is 1. The van der Waals surface area contributed by atoms with Crippen LogP contribution >= 0.6 is 0 Å². The maximum atomic E-state index is 12.7. The van der Waals surface area contributed by atoms with Gasteiger partial charge in [-0.05, 0) is 37.4 Å². The van der Waals surface area contributed by atoms with Crippen molar-refractivity contribution in [3.05, 3.63) is 64.8 Å². The number of nitrogens with zero attached hydrogens (tertiary/aromatic N) is 5. The van der Waals surface area contributed by atoms with E-state index >= 15 is 0 Å². The van der Waals surface area contributed by atoms with Gasteiger partial charge < -0.3 is 18.6 Å². The number of imidazole rings is 1. The second-order valence-electron chi connectivity index (χ2n) is 7.38. The van der Waals surface area contributed by atoms with Crippen LogP contribution < -0.4 is 10.5 Å². The molecular weight excluding hydrogens is 366 g/mol. The molecule has 0 spiro atoms. The van der Waals surface area contributed by atoms with Gasteiger partial charge in [0, 0.05) is 55.7 Å². The van der Waals surface area contributed by atoms with Gasteiger partial charge in [-0.3, -0.25) is 0 Å². The van der Waals surface area contributed by atoms with Crippen molar-refractivity contribution in [3.8, 4) is 17.3 Å². The number of anilines is 1. The standard InChI is InChI=1S/C22H19N5O2/c1-25-6-8-26(9-7-25)17-4-3-16-10-18(22(28)29-20(16)11-17)19-14-27-13-15(12-23)2-5-21(27)24-19/h2-5,10-11,13-14H,6-9H2,1H3. The van der Waals surface area contributed by atoms with E-state index in [4.69, 9.17) is 9.68 Å². The lowest BCUT2D eigenvalue weighted by Gasteiger charge is -2.34. The lowest BCUT2D eigenvalue weighted by atomic mass is 10.1. The fraction of sp³-hybridized carbons (Fsp3) is 0.227. The summed E-state index contributed by atoms with van der Waals surface area (Å²) in [7, 11) is 2.12. The van der Waals surface area contributed by atoms with Crippen LogP contribution in [0.1, 0.15) is 5.56 Å². The van der Waals surface area contributed by atoms with Gasteiger partial charge in [0.25, 0.3) is 0 Å². The molecule has 0 atom stereocenters. The number of benzene rings is 1. The Bertz CT molecular complexity index is 1320. The van der Waals surface area contributed by atoms with E-state index in [0.717, 1.165) is 37.3 Å². The molecule has 0 unspecified atom stereocenters. The highest BCUT2D eigenvalue weighted by Crippen LogP contribution is 2.26. The van der Waals surface area contributed by atoms with Crippen molar-refractivity contribution in [2.45, 2.75) is 0 Å². The van der Waals surface area contributed by atoms with Gasteiger partial charge in [0.1, 0.15) is 17.3 Å². The second kappa shape index (κ2) is 6.76. The topological polar surface area (TPSA) is 77.8 Å². The van der Waals surface area contributed by atoms with Gasteiger partial charge in [-0.2, -0.15) is 5.26 Å². The molecule has 5 rings (SSSR count). The summed E-state index contributed by atoms with van der Waals surface area (Å²) in [5.41, 5.74) is 3.36. The van der Waals surface area contributed by atoms with E-state index in [1.165, 1.54) is 0 Å². The first-order valence-corrected chi connectivity index (χ1v) is 9.51. The van der Waals surface area contributed by atoms with Crippen LogP contribution in [-0.4, -0.2) is 47.5 Å². The fourth-order valence-corrected chi connectivity index (χ4v) is 3.73. The zero-order valence-electron chi connectivity index (χ0n) is 16.0. The first-order valence-electron chi connectivity index (χ1n) is 9.51. The number of aromatic nitrogens is 2. The van der Waals surface area contributed by atoms with Crippen molar-refractivity contribution in [3.63, 3.8) is 0 Å². The van der Waals surface area contributed by atoms with Crippen LogP contribution in [0.25, 0.3) is 27.9 Å². The maximum Gasteiger partial charge on any atom is 0.345 e. The van der Waals surface area contributed by atoms with Gasteiger partial charge in [0.15, 0.2) is 0 Å². The number of nitriles is 1. The molecule has 1 saturated heterocycles. The van der Waals surface area contributed by atoms with Gasteiger partial charge in [0.05, 0.1) is 16.8 Å². The first-order chi connectivity index (χ1) is 14.1. The SMILES string of the molecule is CN1CCN(c2ccc3cc(-c4cn5cc(C#N)ccc5n4)c(=O)oc3c2)CC1. The van der Waals surface area contributed by atoms with Crippen molar-refractivity contribution in [2.75, 3.05) is 38.1 Å². The highest BCUT2D eigenvalue weighted by molar-refractivity contribution is 5.84. The molecule has 4 aromatic rings. The average Bonchev–Trinajstić information content (AvgIpc) is 3.16. The van der Waals surface area contributed by atoms with Crippen LogP contribution in [0.4, 0.5) is 5.69 Å². The molecule has 1 aromatic carbocycles. The molecule has 1 aliphatic rings. The zero-order valence-corrected chi connectivity index (χ0v) is 16.0. The highest BCUT2D eigenvalue weighted by atomic mass is 16.4. The second-order valence-corrected chi connectivity index (χ2v) is 7.38. The summed E-state index contributed by atoms with van der Waals surface area (Å²) >= 11 is 0. The zero-order chi connectivity index (χ0) is 20.0. The molecule has 1 aliphatic heterocycles. The molecule has 7 nitrogen and oxygen atoms in total. The summed E-state index contributed by atoms with van der Waals surface area (Å²) < 4.78 is 7.39. The Morgan fingerprint density at radius 1 is 1.07 bits per heavy atom. The van der Waals surface area contributed by atoms with Gasteiger partial charge in [-0.15, -0.1) is 0 Å². The van der Waals surface area contributed by atoms with Gasteiger partial charge >= 0.3 is 5.63 Å². The van der Waals surface area contributed by atoms with E-state index in [0.29, 0.717) is 28.1 Å². The van der Waals surface area contributed by atoms with E-state index in [2.05, 4.69) is 34.0 Å². The minimum Gasteiger partial charge on any atom is -0.422 e. The third-order valence-electron chi connectivity index (χ3n) is 5.44. The summed E-state index contributed by atoms with van der Waals surface area (Å²) in [6, 6.07) is 13.4. The Balaban J connectivity index is 1.54. The van der Waals surface area contributed by atoms with Crippen LogP contribution in [0.5, 0.6) is 0 Å². The number of hydrogen-bond acceptors (Lipinski definition) is 6. The number of fused-ring (bicyclic) bond motifs is 2. The quantitative estimate of drug-likeness (QED) is 0.494. The molecule has 0 aliphatic carbocycles. The average molecular weight is 385 g/mol. The molecule has 29 heavy (non-hydrogen) atoms. The van der Waals surface area contributed by atoms with Crippen LogP contribution in [-0.2, 0) is 0 Å². The maximum absolute atomic E-state index is 12.7. The summed E-state index contributed by atoms with van der Waals surface area (Å²) in [6.07, 6.45) is 3.43. The third-order valence-corrected chi connectivity index (χ3v) is 5.44. The number of pyridine rings is 1. The third kappa shape index (κ3) is 3.13. The summed E-state index contributed by atoms with van der Waals surface area (Å²) in [5, 5.41) is 9.91. The van der Waals surface area contributed by atoms with Gasteiger partial charge in [0.2, 0.25) is 0 Å². The minimum atomic E-state index is -0.419. The van der Waals surface area contributed by atoms with Crippen molar-refractivity contribution >= 4 is 22.3 Å². The number of likely N-dealkylation sites (N-methyl/N-ethyl adjacent to an activating group) is 1. The predicted octanol–water partition coefficient (Wildman–Crippen LogP) is 2.73. The van der Waals surface area contributed by atoms with Crippen molar-refractivity contribution in [1.29, 1.82) is 5.26 Å². The van der Waals surface area contributed by atoms with Gasteiger partial charge in [-0.1, -0.05) is 0 Å². The Morgan fingerprint density at radius 2 is 1.90 bits per heavy atom. The molecule has 0 amide bonds. The van der Waals surface area contributed by atoms with E-state index in [-0.39, 0.29) is 0 Å². The van der Waals surface area contributed by atoms with Crippen LogP contribution in [0.2, 0.25) is 0 Å². The fourth-order valence-electron chi connectivity index (χ4n) is 3.73. The molecular formula is C22H19N5O2. The summed E-state index contributed by atoms with van der Waals surface area (Å²) in [5.74, 6) is 0. The van der Waals surface area contributed by atoms with Crippen molar-refractivity contribution < 1.29 is 4.42 Å². The Kier molecular flexibility index (Phi) is 4.07. The normalized spacial score (nSPS) is 15.1. The van der Waals surface area contributed by atoms with E-state index in [1.807, 2.05) is 18.2 Å². The Morgan fingerprint density at radius 3 is 2.69 bits per heavy atom. The van der Waals surface area contributed by atoms with Crippen molar-refractivity contribution in [1.82, 2.24) is 14.3 Å². The Hall–Kier alpha value is -3.63. The van der Waals surface area contributed by atoms with E-state index < -0.39 is 5.63 Å². The minimum absolute atomic E-state index is 0.409. The van der Waals surface area contributed by atoms with Crippen molar-refractivity contribution in [2.24, 2.45) is 0 Å². The summed E-state index contributed by atoms with van der Waals surface area (Å²) in [6.45, 7) is 3.94. The molecule has 3 aromatic heterocycles. The van der Waals surface area contributed by atoms with Crippen LogP contribution in [0.15, 0.2) is 58.0 Å². The monoisotopic (exact) mass is 385 g/mol. The first kappa shape index (κ1) is 17.5. The molecule has 0 saturated carbocycles. The summed E-state index contributed by atoms with van der Waals surface area (Å²) in [4.78, 5) is 21.8. The molecule has 0 radical (unpaired) electrons. The molecule has 1 fully saturated rings.